The highest BCUT2D eigenvalue weighted by Gasteiger charge is 2.36. The number of nitrogens with one attached hydrogen (secondary N) is 1. The minimum absolute atomic E-state index is 0.00774. The summed E-state index contributed by atoms with van der Waals surface area (Å²) < 4.78 is 4.51. The molecule has 5 heteroatoms. The first-order valence-electron chi connectivity index (χ1n) is 9.54. The van der Waals surface area contributed by atoms with Crippen molar-refractivity contribution in [2.75, 3.05) is 0 Å². The number of hydrogen-bond acceptors (Lipinski definition) is 4. The maximum absolute atomic E-state index is 4.53. The maximum Gasteiger partial charge on any atom is 0.0918 e. The van der Waals surface area contributed by atoms with Crippen molar-refractivity contribution < 1.29 is 0 Å². The highest BCUT2D eigenvalue weighted by molar-refractivity contribution is 7.06. The Morgan fingerprint density at radius 2 is 1.31 bits per heavy atom. The first kappa shape index (κ1) is 21.1. The van der Waals surface area contributed by atoms with Crippen LogP contribution in [0.15, 0.2) is 6.20 Å². The van der Waals surface area contributed by atoms with Gasteiger partial charge in [-0.15, -0.1) is 0 Å². The van der Waals surface area contributed by atoms with Gasteiger partial charge >= 0.3 is 0 Å². The van der Waals surface area contributed by atoms with Crippen LogP contribution >= 0.6 is 11.5 Å². The van der Waals surface area contributed by atoms with Crippen molar-refractivity contribution in [1.29, 1.82) is 0 Å². The molecule has 2 aromatic heterocycles. The van der Waals surface area contributed by atoms with Gasteiger partial charge < -0.3 is 0 Å². The normalized spacial score (nSPS) is 14.1. The quantitative estimate of drug-likeness (QED) is 0.707. The lowest BCUT2D eigenvalue weighted by Gasteiger charge is -2.33. The zero-order valence-electron chi connectivity index (χ0n) is 18.2. The molecular formula is C21H36N4S. The van der Waals surface area contributed by atoms with Gasteiger partial charge in [-0.25, -0.2) is 4.37 Å². The number of rotatable bonds is 5. The van der Waals surface area contributed by atoms with Gasteiger partial charge in [0.15, 0.2) is 0 Å². The fourth-order valence-electron chi connectivity index (χ4n) is 3.34. The molecule has 2 rings (SSSR count). The Hall–Kier alpha value is -1.23. The van der Waals surface area contributed by atoms with Crippen LogP contribution in [0.25, 0.3) is 0 Å². The molecule has 26 heavy (non-hydrogen) atoms. The Morgan fingerprint density at radius 3 is 1.85 bits per heavy atom. The summed E-state index contributed by atoms with van der Waals surface area (Å²) in [6.07, 6.45) is 4.20. The molecule has 0 aromatic carbocycles. The van der Waals surface area contributed by atoms with E-state index in [-0.39, 0.29) is 21.7 Å². The summed E-state index contributed by atoms with van der Waals surface area (Å²) in [5, 5.41) is 11.8. The molecule has 0 amide bonds. The van der Waals surface area contributed by atoms with Gasteiger partial charge in [-0.05, 0) is 35.4 Å². The summed E-state index contributed by atoms with van der Waals surface area (Å²) in [4.78, 5) is 1.41. The van der Waals surface area contributed by atoms with Crippen LogP contribution in [0.1, 0.15) is 104 Å². The molecule has 0 aliphatic carbocycles. The van der Waals surface area contributed by atoms with E-state index in [4.69, 9.17) is 0 Å². The van der Waals surface area contributed by atoms with E-state index in [1.165, 1.54) is 10.4 Å². The van der Waals surface area contributed by atoms with E-state index < -0.39 is 0 Å². The average Bonchev–Trinajstić information content (AvgIpc) is 3.13. The molecule has 0 aliphatic rings. The fraction of sp³-hybridized carbons (Fsp3) is 0.762. The molecule has 146 valence electrons. The van der Waals surface area contributed by atoms with Gasteiger partial charge in [0.1, 0.15) is 0 Å². The predicted molar refractivity (Wildman–Crippen MR) is 111 cm³/mol. The number of aromatic amines is 1. The molecule has 0 bridgehead atoms. The molecule has 0 radical (unpaired) electrons. The van der Waals surface area contributed by atoms with Gasteiger partial charge in [0.25, 0.3) is 0 Å². The topological polar surface area (TPSA) is 54.5 Å². The Bertz CT molecular complexity index is 674. The van der Waals surface area contributed by atoms with E-state index in [2.05, 4.69) is 95.2 Å². The van der Waals surface area contributed by atoms with Gasteiger partial charge in [0.2, 0.25) is 0 Å². The van der Waals surface area contributed by atoms with Crippen LogP contribution in [0.2, 0.25) is 0 Å². The van der Waals surface area contributed by atoms with Gasteiger partial charge in [-0.3, -0.25) is 0 Å². The predicted octanol–water partition coefficient (Wildman–Crippen LogP) is 5.89. The summed E-state index contributed by atoms with van der Waals surface area (Å²) in [6, 6.07) is 0. The highest BCUT2D eigenvalue weighted by Crippen LogP contribution is 2.42. The van der Waals surface area contributed by atoms with Crippen LogP contribution < -0.4 is 0 Å². The van der Waals surface area contributed by atoms with E-state index in [9.17, 15) is 0 Å². The van der Waals surface area contributed by atoms with E-state index in [1.807, 2.05) is 0 Å². The summed E-state index contributed by atoms with van der Waals surface area (Å²) >= 11 is 1.65. The third kappa shape index (κ3) is 4.36. The molecule has 0 saturated heterocycles. The second-order valence-corrected chi connectivity index (χ2v) is 11.7. The maximum atomic E-state index is 4.53. The monoisotopic (exact) mass is 376 g/mol. The second-order valence-electron chi connectivity index (χ2n) is 10.9. The van der Waals surface area contributed by atoms with Crippen molar-refractivity contribution in [2.45, 2.75) is 104 Å². The number of hydrogen-bond donors (Lipinski definition) is 1. The lowest BCUT2D eigenvalue weighted by atomic mass is 9.72. The Morgan fingerprint density at radius 1 is 0.769 bits per heavy atom. The van der Waals surface area contributed by atoms with Crippen LogP contribution in [0.4, 0.5) is 0 Å². The molecule has 2 heterocycles. The Labute approximate surface area is 163 Å². The number of aromatic nitrogens is 4. The molecular weight excluding hydrogens is 340 g/mol. The van der Waals surface area contributed by atoms with E-state index >= 15 is 0 Å². The molecule has 4 nitrogen and oxygen atoms in total. The highest BCUT2D eigenvalue weighted by atomic mass is 32.1. The molecule has 1 N–H and O–H groups in total. The number of nitrogens with zero attached hydrogens (tertiary/aromatic N) is 3. The van der Waals surface area contributed by atoms with Crippen molar-refractivity contribution >= 4 is 11.5 Å². The lowest BCUT2D eigenvalue weighted by molar-refractivity contribution is 0.363. The minimum Gasteiger partial charge on any atom is -0.201 e. The largest absolute Gasteiger partial charge is 0.201 e. The van der Waals surface area contributed by atoms with Gasteiger partial charge in [0, 0.05) is 27.3 Å². The number of H-pyrrole nitrogens is 1. The van der Waals surface area contributed by atoms with E-state index in [0.717, 1.165) is 24.2 Å². The van der Waals surface area contributed by atoms with Crippen LogP contribution in [0.3, 0.4) is 0 Å². The summed E-state index contributed by atoms with van der Waals surface area (Å²) in [6.45, 7) is 22.7. The van der Waals surface area contributed by atoms with Crippen LogP contribution in [0.5, 0.6) is 0 Å². The molecule has 2 aromatic rings. The zero-order valence-corrected chi connectivity index (χ0v) is 19.1. The molecule has 0 spiro atoms. The van der Waals surface area contributed by atoms with Crippen molar-refractivity contribution in [1.82, 2.24) is 19.8 Å². The Balaban J connectivity index is 2.25. The van der Waals surface area contributed by atoms with Gasteiger partial charge in [0.05, 0.1) is 11.4 Å². The van der Waals surface area contributed by atoms with Crippen LogP contribution in [0, 0.1) is 0 Å². The summed E-state index contributed by atoms with van der Waals surface area (Å²) in [7, 11) is 0. The first-order chi connectivity index (χ1) is 11.7. The van der Waals surface area contributed by atoms with Gasteiger partial charge in [-0.2, -0.15) is 15.4 Å². The van der Waals surface area contributed by atoms with Crippen molar-refractivity contribution in [2.24, 2.45) is 0 Å². The smallest absolute Gasteiger partial charge is 0.0918 e. The SMILES string of the molecule is CC(C)(C)c1cnsc1C(C)(C)CCC(C)(C)c1n[nH]nc1C(C)(C)C. The standard InChI is InChI=1S/C21H36N4S/c1-18(2,3)14-13-22-26-17(14)21(9,10)12-11-20(7,8)16-15(19(4,5)6)23-25-24-16/h13H,11-12H2,1-10H3,(H,23,24,25). The zero-order chi connectivity index (χ0) is 20.0. The molecule has 0 atom stereocenters. The average molecular weight is 377 g/mol. The first-order valence-corrected chi connectivity index (χ1v) is 10.3. The van der Waals surface area contributed by atoms with Crippen LogP contribution in [-0.2, 0) is 21.7 Å². The second kappa shape index (κ2) is 6.74. The Kier molecular flexibility index (Phi) is 5.46. The summed E-state index contributed by atoms with van der Waals surface area (Å²) in [5.74, 6) is 0. The summed E-state index contributed by atoms with van der Waals surface area (Å²) in [5.41, 5.74) is 3.73. The van der Waals surface area contributed by atoms with Gasteiger partial charge in [-0.1, -0.05) is 69.2 Å². The third-order valence-electron chi connectivity index (χ3n) is 5.27. The molecule has 0 saturated carbocycles. The fourth-order valence-corrected chi connectivity index (χ4v) is 4.41. The molecule has 0 aliphatic heterocycles. The minimum atomic E-state index is -0.0283. The van der Waals surface area contributed by atoms with Crippen LogP contribution in [-0.4, -0.2) is 19.8 Å². The third-order valence-corrected chi connectivity index (χ3v) is 6.43. The van der Waals surface area contributed by atoms with Crippen molar-refractivity contribution in [3.63, 3.8) is 0 Å². The van der Waals surface area contributed by atoms with E-state index in [1.54, 1.807) is 11.5 Å². The van der Waals surface area contributed by atoms with Crippen molar-refractivity contribution in [3.05, 3.63) is 28.0 Å². The lowest BCUT2D eigenvalue weighted by Crippen LogP contribution is -2.28. The molecule has 0 unspecified atom stereocenters. The molecule has 0 fully saturated rings. The van der Waals surface area contributed by atoms with E-state index in [0.29, 0.717) is 0 Å². The van der Waals surface area contributed by atoms with Crippen molar-refractivity contribution in [3.8, 4) is 0 Å².